The number of dihydropyridines is 1. The van der Waals surface area contributed by atoms with E-state index in [1.54, 1.807) is 6.20 Å². The molecule has 0 aromatic carbocycles. The highest BCUT2D eigenvalue weighted by Crippen LogP contribution is 2.18. The van der Waals surface area contributed by atoms with Gasteiger partial charge in [0.05, 0.1) is 0 Å². The Labute approximate surface area is 70.7 Å². The SMILES string of the molecule is CC1(Cl)C=C(CNO)C=CN1. The van der Waals surface area contributed by atoms with Gasteiger partial charge in [-0.2, -0.15) is 0 Å². The number of rotatable bonds is 2. The van der Waals surface area contributed by atoms with Crippen molar-refractivity contribution in [2.45, 2.75) is 11.9 Å². The van der Waals surface area contributed by atoms with Gasteiger partial charge in [-0.1, -0.05) is 11.6 Å². The van der Waals surface area contributed by atoms with Crippen molar-refractivity contribution in [3.63, 3.8) is 0 Å². The second-order valence-corrected chi connectivity index (χ2v) is 3.39. The number of alkyl halides is 1. The van der Waals surface area contributed by atoms with E-state index in [-0.39, 0.29) is 0 Å². The van der Waals surface area contributed by atoms with Crippen molar-refractivity contribution >= 4 is 11.6 Å². The Hall–Kier alpha value is -0.510. The summed E-state index contributed by atoms with van der Waals surface area (Å²) in [5.74, 6) is 0. The zero-order valence-corrected chi connectivity index (χ0v) is 7.02. The van der Waals surface area contributed by atoms with Crippen LogP contribution in [0, 0.1) is 0 Å². The molecule has 1 unspecified atom stereocenters. The van der Waals surface area contributed by atoms with E-state index in [9.17, 15) is 0 Å². The molecule has 0 radical (unpaired) electrons. The first-order chi connectivity index (χ1) is 5.14. The topological polar surface area (TPSA) is 44.3 Å². The van der Waals surface area contributed by atoms with Gasteiger partial charge in [0.2, 0.25) is 0 Å². The minimum atomic E-state index is -0.527. The van der Waals surface area contributed by atoms with Crippen molar-refractivity contribution in [1.82, 2.24) is 10.8 Å². The average Bonchev–Trinajstić information content (AvgIpc) is 1.85. The summed E-state index contributed by atoms with van der Waals surface area (Å²) in [7, 11) is 0. The van der Waals surface area contributed by atoms with Crippen LogP contribution in [0.3, 0.4) is 0 Å². The van der Waals surface area contributed by atoms with Crippen molar-refractivity contribution in [2.24, 2.45) is 0 Å². The molecule has 11 heavy (non-hydrogen) atoms. The van der Waals surface area contributed by atoms with Crippen LogP contribution in [-0.2, 0) is 0 Å². The molecule has 1 rings (SSSR count). The summed E-state index contributed by atoms with van der Waals surface area (Å²) >= 11 is 5.95. The van der Waals surface area contributed by atoms with Gasteiger partial charge in [-0.15, -0.1) is 0 Å². The van der Waals surface area contributed by atoms with Crippen molar-refractivity contribution in [3.8, 4) is 0 Å². The van der Waals surface area contributed by atoms with Crippen LogP contribution in [0.15, 0.2) is 23.9 Å². The Kier molecular flexibility index (Phi) is 2.54. The van der Waals surface area contributed by atoms with Crippen LogP contribution in [0.4, 0.5) is 0 Å². The molecule has 4 heteroatoms. The van der Waals surface area contributed by atoms with Gasteiger partial charge in [0, 0.05) is 6.54 Å². The van der Waals surface area contributed by atoms with E-state index >= 15 is 0 Å². The highest BCUT2D eigenvalue weighted by Gasteiger charge is 2.17. The van der Waals surface area contributed by atoms with Gasteiger partial charge in [0.25, 0.3) is 0 Å². The minimum absolute atomic E-state index is 0.417. The van der Waals surface area contributed by atoms with E-state index in [0.717, 1.165) is 5.57 Å². The van der Waals surface area contributed by atoms with Crippen molar-refractivity contribution in [1.29, 1.82) is 0 Å². The van der Waals surface area contributed by atoms with Gasteiger partial charge in [-0.25, -0.2) is 5.48 Å². The molecule has 0 aliphatic carbocycles. The number of halogens is 1. The van der Waals surface area contributed by atoms with Gasteiger partial charge in [-0.05, 0) is 30.8 Å². The third-order valence-electron chi connectivity index (χ3n) is 1.40. The number of nitrogens with one attached hydrogen (secondary N) is 2. The van der Waals surface area contributed by atoms with Crippen LogP contribution < -0.4 is 10.8 Å². The maximum Gasteiger partial charge on any atom is 0.128 e. The number of hydrogen-bond acceptors (Lipinski definition) is 3. The van der Waals surface area contributed by atoms with Gasteiger partial charge in [-0.3, -0.25) is 0 Å². The van der Waals surface area contributed by atoms with Gasteiger partial charge in [0.15, 0.2) is 0 Å². The Morgan fingerprint density at radius 3 is 3.09 bits per heavy atom. The molecule has 0 saturated carbocycles. The Balaban J connectivity index is 2.64. The second-order valence-electron chi connectivity index (χ2n) is 2.61. The number of hydrogen-bond donors (Lipinski definition) is 3. The standard InChI is InChI=1S/C7H11ClN2O/c1-7(8)4-6(5-10-11)2-3-9-7/h2-4,9-11H,5H2,1H3. The van der Waals surface area contributed by atoms with Crippen LogP contribution >= 0.6 is 11.6 Å². The first-order valence-corrected chi connectivity index (χ1v) is 3.74. The zero-order chi connectivity index (χ0) is 8.32. The molecule has 0 amide bonds. The van der Waals surface area contributed by atoms with E-state index in [1.165, 1.54) is 0 Å². The summed E-state index contributed by atoms with van der Waals surface area (Å²) in [5, 5.41) is 11.3. The maximum atomic E-state index is 8.40. The molecular weight excluding hydrogens is 164 g/mol. The van der Waals surface area contributed by atoms with Crippen LogP contribution in [0.5, 0.6) is 0 Å². The summed E-state index contributed by atoms with van der Waals surface area (Å²) in [6.07, 6.45) is 5.46. The summed E-state index contributed by atoms with van der Waals surface area (Å²) in [6, 6.07) is 0. The van der Waals surface area contributed by atoms with E-state index < -0.39 is 5.00 Å². The molecule has 3 N–H and O–H groups in total. The lowest BCUT2D eigenvalue weighted by Gasteiger charge is -2.23. The van der Waals surface area contributed by atoms with E-state index in [4.69, 9.17) is 16.8 Å². The molecule has 0 saturated heterocycles. The van der Waals surface area contributed by atoms with Crippen LogP contribution in [0.1, 0.15) is 6.92 Å². The van der Waals surface area contributed by atoms with Crippen LogP contribution in [0.25, 0.3) is 0 Å². The van der Waals surface area contributed by atoms with Crippen molar-refractivity contribution < 1.29 is 5.21 Å². The predicted octanol–water partition coefficient (Wildman–Crippen LogP) is 0.964. The molecule has 0 bridgehead atoms. The lowest BCUT2D eigenvalue weighted by molar-refractivity contribution is 0.177. The minimum Gasteiger partial charge on any atom is -0.370 e. The molecule has 1 aliphatic heterocycles. The smallest absolute Gasteiger partial charge is 0.128 e. The van der Waals surface area contributed by atoms with Crippen LogP contribution in [-0.4, -0.2) is 16.8 Å². The Morgan fingerprint density at radius 1 is 1.82 bits per heavy atom. The molecule has 0 spiro atoms. The van der Waals surface area contributed by atoms with Gasteiger partial charge >= 0.3 is 0 Å². The summed E-state index contributed by atoms with van der Waals surface area (Å²) in [4.78, 5) is -0.527. The third-order valence-corrected chi connectivity index (χ3v) is 1.62. The zero-order valence-electron chi connectivity index (χ0n) is 6.26. The fourth-order valence-corrected chi connectivity index (χ4v) is 1.15. The fraction of sp³-hybridized carbons (Fsp3) is 0.429. The highest BCUT2D eigenvalue weighted by atomic mass is 35.5. The molecule has 0 aromatic rings. The summed E-state index contributed by atoms with van der Waals surface area (Å²) in [5.41, 5.74) is 3.03. The molecule has 1 heterocycles. The molecule has 1 atom stereocenters. The molecule has 3 nitrogen and oxygen atoms in total. The second kappa shape index (κ2) is 3.26. The summed E-state index contributed by atoms with van der Waals surface area (Å²) < 4.78 is 0. The van der Waals surface area contributed by atoms with E-state index in [2.05, 4.69) is 10.8 Å². The highest BCUT2D eigenvalue weighted by molar-refractivity contribution is 6.24. The lowest BCUT2D eigenvalue weighted by Crippen LogP contribution is -2.33. The molecule has 1 aliphatic rings. The number of hydroxylamine groups is 1. The Bertz CT molecular complexity index is 199. The molecular formula is C7H11ClN2O. The summed E-state index contributed by atoms with van der Waals surface area (Å²) in [6.45, 7) is 2.26. The fourth-order valence-electron chi connectivity index (χ4n) is 0.951. The maximum absolute atomic E-state index is 8.40. The van der Waals surface area contributed by atoms with E-state index in [1.807, 2.05) is 19.1 Å². The lowest BCUT2D eigenvalue weighted by atomic mass is 10.1. The van der Waals surface area contributed by atoms with Crippen molar-refractivity contribution in [2.75, 3.05) is 6.54 Å². The first kappa shape index (κ1) is 8.59. The largest absolute Gasteiger partial charge is 0.370 e. The normalized spacial score (nSPS) is 29.5. The van der Waals surface area contributed by atoms with Gasteiger partial charge in [0.1, 0.15) is 5.00 Å². The van der Waals surface area contributed by atoms with Crippen molar-refractivity contribution in [3.05, 3.63) is 23.9 Å². The third kappa shape index (κ3) is 2.54. The van der Waals surface area contributed by atoms with E-state index in [0.29, 0.717) is 6.54 Å². The quantitative estimate of drug-likeness (QED) is 0.332. The van der Waals surface area contributed by atoms with Gasteiger partial charge < -0.3 is 10.5 Å². The molecule has 0 aromatic heterocycles. The average molecular weight is 175 g/mol. The first-order valence-electron chi connectivity index (χ1n) is 3.36. The Morgan fingerprint density at radius 2 is 2.55 bits per heavy atom. The molecule has 62 valence electrons. The van der Waals surface area contributed by atoms with Crippen LogP contribution in [0.2, 0.25) is 0 Å². The molecule has 0 fully saturated rings. The monoisotopic (exact) mass is 174 g/mol. The predicted molar refractivity (Wildman–Crippen MR) is 44.4 cm³/mol.